The van der Waals surface area contributed by atoms with E-state index in [4.69, 9.17) is 13.3 Å². The molecule has 0 unspecified atom stereocenters. The molecule has 90 valence electrons. The van der Waals surface area contributed by atoms with Crippen LogP contribution in [0.3, 0.4) is 0 Å². The maximum atomic E-state index is 12.4. The first kappa shape index (κ1) is 14.6. The van der Waals surface area contributed by atoms with Crippen molar-refractivity contribution in [1.29, 1.82) is 0 Å². The Kier molecular flexibility index (Phi) is 6.82. The van der Waals surface area contributed by atoms with Gasteiger partial charge in [-0.25, -0.2) is 4.39 Å². The fraction of sp³-hybridized carbons (Fsp3) is 0.750. The third kappa shape index (κ3) is 4.78. The van der Waals surface area contributed by atoms with E-state index in [9.17, 15) is 13.2 Å². The van der Waals surface area contributed by atoms with Crippen LogP contribution in [-0.2, 0) is 13.3 Å². The van der Waals surface area contributed by atoms with E-state index in [0.717, 1.165) is 0 Å². The zero-order valence-corrected chi connectivity index (χ0v) is 9.98. The third-order valence-electron chi connectivity index (χ3n) is 2.02. The topological polar surface area (TPSA) is 27.7 Å². The summed E-state index contributed by atoms with van der Waals surface area (Å²) in [6.45, 7) is 0. The van der Waals surface area contributed by atoms with E-state index in [0.29, 0.717) is 6.04 Å². The molecule has 0 bridgehead atoms. The Hall–Kier alpha value is -0.373. The summed E-state index contributed by atoms with van der Waals surface area (Å²) in [6, 6.07) is 0.303. The van der Waals surface area contributed by atoms with Crippen molar-refractivity contribution in [3.05, 3.63) is 11.9 Å². The molecule has 0 N–H and O–H groups in total. The molecule has 0 aromatic rings. The van der Waals surface area contributed by atoms with E-state index >= 15 is 0 Å². The molecule has 0 fully saturated rings. The number of rotatable bonds is 7. The second kappa shape index (κ2) is 6.99. The molecule has 0 saturated carbocycles. The first-order valence-electron chi connectivity index (χ1n) is 4.36. The molecule has 0 aromatic heterocycles. The summed E-state index contributed by atoms with van der Waals surface area (Å²) in [7, 11) is 1.50. The molecule has 0 radical (unpaired) electrons. The van der Waals surface area contributed by atoms with E-state index in [1.54, 1.807) is 0 Å². The number of halogens is 3. The SMILES string of the molecule is CO[Si](CCCC(F)=C(F)F)(OC)OC. The molecule has 3 nitrogen and oxygen atoms in total. The lowest BCUT2D eigenvalue weighted by atomic mass is 10.3. The minimum Gasteiger partial charge on any atom is -0.377 e. The summed E-state index contributed by atoms with van der Waals surface area (Å²) < 4.78 is 51.0. The lowest BCUT2D eigenvalue weighted by Gasteiger charge is -2.23. The predicted molar refractivity (Wildman–Crippen MR) is 51.2 cm³/mol. The van der Waals surface area contributed by atoms with Crippen LogP contribution in [0.4, 0.5) is 13.2 Å². The number of allylic oxidation sites excluding steroid dienone is 1. The first-order chi connectivity index (χ1) is 7.01. The minimum atomic E-state index is -2.75. The van der Waals surface area contributed by atoms with Crippen LogP contribution in [0.15, 0.2) is 11.9 Å². The largest absolute Gasteiger partial charge is 0.500 e. The van der Waals surface area contributed by atoms with E-state index in [1.807, 2.05) is 0 Å². The second-order valence-electron chi connectivity index (χ2n) is 2.81. The van der Waals surface area contributed by atoms with Gasteiger partial charge in [0.25, 0.3) is 0 Å². The Morgan fingerprint density at radius 2 is 1.47 bits per heavy atom. The van der Waals surface area contributed by atoms with Gasteiger partial charge in [-0.3, -0.25) is 0 Å². The predicted octanol–water partition coefficient (Wildman–Crippen LogP) is 2.72. The van der Waals surface area contributed by atoms with Crippen LogP contribution in [0.25, 0.3) is 0 Å². The van der Waals surface area contributed by atoms with E-state index < -0.39 is 20.7 Å². The minimum absolute atomic E-state index is 0.199. The molecule has 0 atom stereocenters. The Morgan fingerprint density at radius 1 is 1.00 bits per heavy atom. The molecule has 15 heavy (non-hydrogen) atoms. The molecular formula is C8H15F3O3Si. The fourth-order valence-electron chi connectivity index (χ4n) is 1.11. The highest BCUT2D eigenvalue weighted by Crippen LogP contribution is 2.21. The molecule has 0 spiro atoms. The Bertz CT molecular complexity index is 207. The van der Waals surface area contributed by atoms with Gasteiger partial charge in [0.2, 0.25) is 0 Å². The van der Waals surface area contributed by atoms with Crippen molar-refractivity contribution in [3.63, 3.8) is 0 Å². The van der Waals surface area contributed by atoms with Crippen molar-refractivity contribution >= 4 is 8.80 Å². The molecule has 0 saturated heterocycles. The van der Waals surface area contributed by atoms with Gasteiger partial charge < -0.3 is 13.3 Å². The van der Waals surface area contributed by atoms with Gasteiger partial charge in [-0.15, -0.1) is 0 Å². The molecule has 0 heterocycles. The molecule has 0 aliphatic carbocycles. The highest BCUT2D eigenvalue weighted by Gasteiger charge is 2.37. The van der Waals surface area contributed by atoms with Crippen molar-refractivity contribution in [2.24, 2.45) is 0 Å². The average Bonchev–Trinajstić information content (AvgIpc) is 2.24. The molecule has 0 amide bonds. The Morgan fingerprint density at radius 3 is 1.80 bits per heavy atom. The van der Waals surface area contributed by atoms with Gasteiger partial charge in [0.05, 0.1) is 0 Å². The maximum Gasteiger partial charge on any atom is 0.500 e. The summed E-state index contributed by atoms with van der Waals surface area (Å²) in [5.41, 5.74) is 0. The van der Waals surface area contributed by atoms with Crippen molar-refractivity contribution in [2.45, 2.75) is 18.9 Å². The van der Waals surface area contributed by atoms with Crippen LogP contribution in [0, 0.1) is 0 Å². The summed E-state index contributed by atoms with van der Waals surface area (Å²) in [4.78, 5) is 0. The van der Waals surface area contributed by atoms with Crippen LogP contribution >= 0.6 is 0 Å². The molecule has 0 aliphatic heterocycles. The van der Waals surface area contributed by atoms with Crippen LogP contribution in [0.5, 0.6) is 0 Å². The number of hydrogen-bond acceptors (Lipinski definition) is 3. The maximum absolute atomic E-state index is 12.4. The third-order valence-corrected chi connectivity index (χ3v) is 4.85. The Balaban J connectivity index is 4.08. The highest BCUT2D eigenvalue weighted by atomic mass is 28.4. The average molecular weight is 244 g/mol. The normalized spacial score (nSPS) is 11.6. The summed E-state index contributed by atoms with van der Waals surface area (Å²) in [6.07, 6.45) is -2.40. The van der Waals surface area contributed by atoms with Crippen molar-refractivity contribution in [3.8, 4) is 0 Å². The summed E-state index contributed by atoms with van der Waals surface area (Å²) in [5.74, 6) is -1.39. The highest BCUT2D eigenvalue weighted by molar-refractivity contribution is 6.60. The van der Waals surface area contributed by atoms with Gasteiger partial charge in [-0.05, 0) is 6.42 Å². The smallest absolute Gasteiger partial charge is 0.377 e. The van der Waals surface area contributed by atoms with E-state index in [-0.39, 0.29) is 12.8 Å². The van der Waals surface area contributed by atoms with Gasteiger partial charge in [0.15, 0.2) is 5.83 Å². The van der Waals surface area contributed by atoms with Crippen LogP contribution in [0.1, 0.15) is 12.8 Å². The summed E-state index contributed by atoms with van der Waals surface area (Å²) >= 11 is 0. The zero-order chi connectivity index (χ0) is 11.9. The fourth-order valence-corrected chi connectivity index (χ4v) is 2.83. The van der Waals surface area contributed by atoms with E-state index in [2.05, 4.69) is 0 Å². The van der Waals surface area contributed by atoms with E-state index in [1.165, 1.54) is 21.3 Å². The lowest BCUT2D eigenvalue weighted by molar-refractivity contribution is 0.123. The van der Waals surface area contributed by atoms with Crippen LogP contribution in [0.2, 0.25) is 6.04 Å². The number of hydrogen-bond donors (Lipinski definition) is 0. The van der Waals surface area contributed by atoms with Crippen LogP contribution < -0.4 is 0 Å². The van der Waals surface area contributed by atoms with Gasteiger partial charge in [0.1, 0.15) is 0 Å². The van der Waals surface area contributed by atoms with Crippen molar-refractivity contribution in [1.82, 2.24) is 0 Å². The second-order valence-corrected chi connectivity index (χ2v) is 5.91. The van der Waals surface area contributed by atoms with Gasteiger partial charge in [-0.1, -0.05) is 0 Å². The first-order valence-corrected chi connectivity index (χ1v) is 6.29. The molecule has 0 rings (SSSR count). The molecule has 0 aliphatic rings. The Labute approximate surface area is 88.2 Å². The standard InChI is InChI=1S/C8H15F3O3Si/c1-12-15(13-2,14-3)6-4-5-7(9)8(10)11/h4-6H2,1-3H3. The van der Waals surface area contributed by atoms with Gasteiger partial charge in [-0.2, -0.15) is 8.78 Å². The van der Waals surface area contributed by atoms with Crippen molar-refractivity contribution in [2.75, 3.05) is 21.3 Å². The molecular weight excluding hydrogens is 229 g/mol. The summed E-state index contributed by atoms with van der Waals surface area (Å²) in [5, 5.41) is 0. The van der Waals surface area contributed by atoms with Crippen LogP contribution in [-0.4, -0.2) is 30.1 Å². The van der Waals surface area contributed by atoms with Crippen molar-refractivity contribution < 1.29 is 26.4 Å². The van der Waals surface area contributed by atoms with Gasteiger partial charge >= 0.3 is 14.9 Å². The quantitative estimate of drug-likeness (QED) is 0.644. The molecule has 0 aromatic carbocycles. The zero-order valence-electron chi connectivity index (χ0n) is 8.98. The monoisotopic (exact) mass is 244 g/mol. The van der Waals surface area contributed by atoms with Gasteiger partial charge in [0, 0.05) is 33.8 Å². The lowest BCUT2D eigenvalue weighted by Crippen LogP contribution is -2.42. The molecule has 7 heteroatoms.